The first-order chi connectivity index (χ1) is 9.35. The van der Waals surface area contributed by atoms with E-state index in [9.17, 15) is 4.79 Å². The Morgan fingerprint density at radius 2 is 2.10 bits per heavy atom. The van der Waals surface area contributed by atoms with Crippen LogP contribution >= 0.6 is 0 Å². The summed E-state index contributed by atoms with van der Waals surface area (Å²) in [5, 5.41) is 0. The molecule has 118 valence electrons. The van der Waals surface area contributed by atoms with Crippen LogP contribution in [0.25, 0.3) is 0 Å². The number of likely N-dealkylation sites (tertiary alicyclic amines) is 1. The van der Waals surface area contributed by atoms with Gasteiger partial charge < -0.3 is 10.5 Å². The molecule has 0 aromatic rings. The molecule has 5 heteroatoms. The lowest BCUT2D eigenvalue weighted by Crippen LogP contribution is -2.51. The van der Waals surface area contributed by atoms with E-state index in [4.69, 9.17) is 10.5 Å². The van der Waals surface area contributed by atoms with Gasteiger partial charge in [-0.15, -0.1) is 0 Å². The largest absolute Gasteiger partial charge is 0.468 e. The van der Waals surface area contributed by atoms with E-state index in [1.807, 2.05) is 0 Å². The van der Waals surface area contributed by atoms with E-state index in [0.717, 1.165) is 26.2 Å². The number of nitrogens with two attached hydrogens (primary N) is 1. The Morgan fingerprint density at radius 1 is 1.50 bits per heavy atom. The molecule has 1 aliphatic heterocycles. The quantitative estimate of drug-likeness (QED) is 0.709. The Balaban J connectivity index is 2.54. The van der Waals surface area contributed by atoms with Gasteiger partial charge in [-0.25, -0.2) is 0 Å². The zero-order chi connectivity index (χ0) is 15.3. The summed E-state index contributed by atoms with van der Waals surface area (Å²) in [6.07, 6.45) is 1.83. The van der Waals surface area contributed by atoms with Crippen molar-refractivity contribution in [1.29, 1.82) is 0 Å². The molecular weight excluding hydrogens is 254 g/mol. The van der Waals surface area contributed by atoms with Crippen molar-refractivity contribution in [3.63, 3.8) is 0 Å². The lowest BCUT2D eigenvalue weighted by molar-refractivity contribution is -0.147. The molecular formula is C15H31N3O2. The maximum atomic E-state index is 11.7. The molecule has 0 aromatic heterocycles. The third-order valence-electron chi connectivity index (χ3n) is 4.52. The number of nitrogens with zero attached hydrogens (tertiary/aromatic N) is 2. The van der Waals surface area contributed by atoms with Crippen LogP contribution in [0, 0.1) is 0 Å². The second-order valence-electron chi connectivity index (χ2n) is 6.12. The molecule has 0 radical (unpaired) electrons. The monoisotopic (exact) mass is 285 g/mol. The molecule has 0 spiro atoms. The number of hydrogen-bond donors (Lipinski definition) is 1. The number of methoxy groups -OCH3 is 1. The Labute approximate surface area is 123 Å². The van der Waals surface area contributed by atoms with Gasteiger partial charge in [0.2, 0.25) is 0 Å². The second-order valence-corrected chi connectivity index (χ2v) is 6.12. The number of carbonyl (C=O) groups excluding carboxylic acids is 1. The number of esters is 1. The Bertz CT molecular complexity index is 316. The van der Waals surface area contributed by atoms with E-state index in [-0.39, 0.29) is 5.97 Å². The summed E-state index contributed by atoms with van der Waals surface area (Å²) in [4.78, 5) is 16.6. The van der Waals surface area contributed by atoms with Crippen molar-refractivity contribution >= 4 is 5.97 Å². The number of likely N-dealkylation sites (N-methyl/N-ethyl adjacent to an activating group) is 1. The minimum Gasteiger partial charge on any atom is -0.468 e. The normalized spacial score (nSPS) is 24.6. The molecule has 1 aliphatic rings. The van der Waals surface area contributed by atoms with Crippen molar-refractivity contribution in [2.45, 2.75) is 58.2 Å². The minimum atomic E-state index is -0.901. The van der Waals surface area contributed by atoms with Crippen LogP contribution in [0.3, 0.4) is 0 Å². The van der Waals surface area contributed by atoms with Crippen LogP contribution in [-0.2, 0) is 9.53 Å². The highest BCUT2D eigenvalue weighted by Crippen LogP contribution is 2.22. The average Bonchev–Trinajstić information content (AvgIpc) is 2.88. The molecule has 0 amide bonds. The molecule has 1 fully saturated rings. The number of rotatable bonds is 7. The highest BCUT2D eigenvalue weighted by Gasteiger charge is 2.36. The van der Waals surface area contributed by atoms with Crippen LogP contribution < -0.4 is 5.73 Å². The maximum Gasteiger partial charge on any atom is 0.325 e. The predicted octanol–water partition coefficient (Wildman–Crippen LogP) is 1.07. The fourth-order valence-corrected chi connectivity index (χ4v) is 3.27. The molecule has 0 saturated carbocycles. The molecule has 0 bridgehead atoms. The zero-order valence-electron chi connectivity index (χ0n) is 13.7. The summed E-state index contributed by atoms with van der Waals surface area (Å²) >= 11 is 0. The number of hydrogen-bond acceptors (Lipinski definition) is 5. The molecule has 3 atom stereocenters. The van der Waals surface area contributed by atoms with Gasteiger partial charge in [0.1, 0.15) is 5.54 Å². The average molecular weight is 285 g/mol. The van der Waals surface area contributed by atoms with E-state index < -0.39 is 5.54 Å². The van der Waals surface area contributed by atoms with Crippen molar-refractivity contribution in [3.8, 4) is 0 Å². The molecule has 1 rings (SSSR count). The summed E-state index contributed by atoms with van der Waals surface area (Å²) in [6.45, 7) is 12.7. The van der Waals surface area contributed by atoms with E-state index in [2.05, 4.69) is 30.6 Å². The standard InChI is InChI=1S/C15H31N3O2/c1-6-17(7-2)13-8-9-18(11-13)12(3)10-15(4,16)14(19)20-5/h12-13H,6-11,16H2,1-5H3. The van der Waals surface area contributed by atoms with Gasteiger partial charge in [0.15, 0.2) is 0 Å². The first-order valence-corrected chi connectivity index (χ1v) is 7.71. The SMILES string of the molecule is CCN(CC)C1CCN(C(C)CC(C)(N)C(=O)OC)C1. The molecule has 20 heavy (non-hydrogen) atoms. The van der Waals surface area contributed by atoms with E-state index in [1.54, 1.807) is 6.92 Å². The molecule has 1 heterocycles. The number of ether oxygens (including phenoxy) is 1. The number of carbonyl (C=O) groups is 1. The van der Waals surface area contributed by atoms with Gasteiger partial charge in [-0.1, -0.05) is 13.8 Å². The Hall–Kier alpha value is -0.650. The molecule has 5 nitrogen and oxygen atoms in total. The van der Waals surface area contributed by atoms with Crippen molar-refractivity contribution < 1.29 is 9.53 Å². The van der Waals surface area contributed by atoms with Gasteiger partial charge >= 0.3 is 5.97 Å². The van der Waals surface area contributed by atoms with Crippen LogP contribution in [-0.4, -0.2) is 66.7 Å². The maximum absolute atomic E-state index is 11.7. The highest BCUT2D eigenvalue weighted by molar-refractivity contribution is 5.79. The fourth-order valence-electron chi connectivity index (χ4n) is 3.27. The minimum absolute atomic E-state index is 0.296. The topological polar surface area (TPSA) is 58.8 Å². The second kappa shape index (κ2) is 7.38. The van der Waals surface area contributed by atoms with Gasteiger partial charge in [0.05, 0.1) is 7.11 Å². The van der Waals surface area contributed by atoms with Gasteiger partial charge in [0, 0.05) is 25.2 Å². The van der Waals surface area contributed by atoms with Gasteiger partial charge in [-0.05, 0) is 39.8 Å². The summed E-state index contributed by atoms with van der Waals surface area (Å²) in [5.74, 6) is -0.330. The fraction of sp³-hybridized carbons (Fsp3) is 0.933. The summed E-state index contributed by atoms with van der Waals surface area (Å²) < 4.78 is 4.78. The van der Waals surface area contributed by atoms with Crippen LogP contribution in [0.2, 0.25) is 0 Å². The van der Waals surface area contributed by atoms with Gasteiger partial charge in [-0.3, -0.25) is 14.6 Å². The Morgan fingerprint density at radius 3 is 2.60 bits per heavy atom. The molecule has 2 N–H and O–H groups in total. The third-order valence-corrected chi connectivity index (χ3v) is 4.52. The zero-order valence-corrected chi connectivity index (χ0v) is 13.7. The molecule has 0 aromatic carbocycles. The highest BCUT2D eigenvalue weighted by atomic mass is 16.5. The Kier molecular flexibility index (Phi) is 6.43. The first-order valence-electron chi connectivity index (χ1n) is 7.71. The molecule has 0 aliphatic carbocycles. The van der Waals surface area contributed by atoms with E-state index in [1.165, 1.54) is 13.5 Å². The summed E-state index contributed by atoms with van der Waals surface area (Å²) in [6, 6.07) is 0.930. The third kappa shape index (κ3) is 4.17. The molecule has 1 saturated heterocycles. The first kappa shape index (κ1) is 17.4. The van der Waals surface area contributed by atoms with Crippen molar-refractivity contribution in [3.05, 3.63) is 0 Å². The van der Waals surface area contributed by atoms with Crippen molar-refractivity contribution in [1.82, 2.24) is 9.80 Å². The van der Waals surface area contributed by atoms with Gasteiger partial charge in [0.25, 0.3) is 0 Å². The lowest BCUT2D eigenvalue weighted by atomic mass is 9.94. The predicted molar refractivity (Wildman–Crippen MR) is 81.6 cm³/mol. The summed E-state index contributed by atoms with van der Waals surface area (Å²) in [7, 11) is 1.39. The molecule has 3 unspecified atom stereocenters. The van der Waals surface area contributed by atoms with Crippen molar-refractivity contribution in [2.24, 2.45) is 5.73 Å². The van der Waals surface area contributed by atoms with Crippen molar-refractivity contribution in [2.75, 3.05) is 33.3 Å². The van der Waals surface area contributed by atoms with Gasteiger partial charge in [-0.2, -0.15) is 0 Å². The van der Waals surface area contributed by atoms with Crippen LogP contribution in [0.1, 0.15) is 40.5 Å². The van der Waals surface area contributed by atoms with Crippen LogP contribution in [0.15, 0.2) is 0 Å². The van der Waals surface area contributed by atoms with E-state index >= 15 is 0 Å². The summed E-state index contributed by atoms with van der Waals surface area (Å²) in [5.41, 5.74) is 5.17. The van der Waals surface area contributed by atoms with Crippen LogP contribution in [0.5, 0.6) is 0 Å². The lowest BCUT2D eigenvalue weighted by Gasteiger charge is -2.32. The van der Waals surface area contributed by atoms with E-state index in [0.29, 0.717) is 18.5 Å². The smallest absolute Gasteiger partial charge is 0.325 e. The van der Waals surface area contributed by atoms with Crippen LogP contribution in [0.4, 0.5) is 0 Å².